The van der Waals surface area contributed by atoms with Crippen molar-refractivity contribution in [2.75, 3.05) is 6.54 Å². The Balaban J connectivity index is 1.70. The van der Waals surface area contributed by atoms with Crippen LogP contribution in [0.2, 0.25) is 0 Å². The van der Waals surface area contributed by atoms with Crippen molar-refractivity contribution < 1.29 is 9.18 Å². The minimum atomic E-state index is -0.409. The van der Waals surface area contributed by atoms with E-state index in [2.05, 4.69) is 15.5 Å². The number of H-pyrrole nitrogens is 1. The molecule has 0 radical (unpaired) electrons. The first-order chi connectivity index (χ1) is 13.6. The van der Waals surface area contributed by atoms with Gasteiger partial charge >= 0.3 is 5.69 Å². The van der Waals surface area contributed by atoms with E-state index in [1.807, 2.05) is 30.3 Å². The highest BCUT2D eigenvalue weighted by atomic mass is 32.1. The van der Waals surface area contributed by atoms with E-state index in [9.17, 15) is 14.0 Å². The first-order valence-electron chi connectivity index (χ1n) is 8.71. The minimum absolute atomic E-state index is 0.0554. The number of halogens is 1. The molecule has 0 saturated carbocycles. The van der Waals surface area contributed by atoms with Crippen LogP contribution in [0.5, 0.6) is 0 Å². The lowest BCUT2D eigenvalue weighted by Crippen LogP contribution is -2.23. The number of hydrogen-bond donors (Lipinski definition) is 3. The van der Waals surface area contributed by atoms with Crippen LogP contribution in [-0.4, -0.2) is 27.2 Å². The Bertz CT molecular complexity index is 1110. The van der Waals surface area contributed by atoms with Gasteiger partial charge in [-0.15, -0.1) is 11.3 Å². The molecule has 4 rings (SSSR count). The number of thiophene rings is 1. The second-order valence-corrected chi connectivity index (χ2v) is 7.63. The van der Waals surface area contributed by atoms with Crippen molar-refractivity contribution in [3.8, 4) is 10.4 Å². The molecule has 1 unspecified atom stereocenters. The molecule has 1 atom stereocenters. The van der Waals surface area contributed by atoms with Crippen molar-refractivity contribution in [3.63, 3.8) is 0 Å². The van der Waals surface area contributed by atoms with Gasteiger partial charge in [-0.3, -0.25) is 9.36 Å². The molecular weight excluding hydrogens is 381 g/mol. The number of fused-ring (bicyclic) bond motifs is 1. The second-order valence-electron chi connectivity index (χ2n) is 6.52. The number of nitrogens with one attached hydrogen (secondary N) is 2. The fourth-order valence-corrected chi connectivity index (χ4v) is 4.41. The van der Waals surface area contributed by atoms with Gasteiger partial charge in [0.25, 0.3) is 5.91 Å². The van der Waals surface area contributed by atoms with Gasteiger partial charge in [-0.1, -0.05) is 6.07 Å². The second kappa shape index (κ2) is 7.53. The summed E-state index contributed by atoms with van der Waals surface area (Å²) < 4.78 is 14.6. The van der Waals surface area contributed by atoms with E-state index >= 15 is 0 Å². The van der Waals surface area contributed by atoms with Crippen molar-refractivity contribution in [2.45, 2.75) is 19.0 Å². The molecule has 0 saturated heterocycles. The molecule has 9 heteroatoms. The third-order valence-corrected chi connectivity index (χ3v) is 6.05. The van der Waals surface area contributed by atoms with Gasteiger partial charge in [-0.25, -0.2) is 14.3 Å². The molecule has 0 spiro atoms. The molecule has 3 aromatic rings. The van der Waals surface area contributed by atoms with Crippen LogP contribution in [0, 0.1) is 0 Å². The number of aromatic amines is 1. The number of nitrogens with zero attached hydrogens (tertiary/aromatic N) is 2. The highest BCUT2D eigenvalue weighted by molar-refractivity contribution is 7.15. The minimum Gasteiger partial charge on any atom is -0.348 e. The zero-order chi connectivity index (χ0) is 19.7. The van der Waals surface area contributed by atoms with Gasteiger partial charge in [0.2, 0.25) is 0 Å². The topological polar surface area (TPSA) is 106 Å². The highest BCUT2D eigenvalue weighted by Crippen LogP contribution is 2.36. The van der Waals surface area contributed by atoms with Gasteiger partial charge in [0.05, 0.1) is 12.4 Å². The summed E-state index contributed by atoms with van der Waals surface area (Å²) in [7, 11) is 0. The van der Waals surface area contributed by atoms with Crippen LogP contribution in [0.1, 0.15) is 33.3 Å². The lowest BCUT2D eigenvalue weighted by Gasteiger charge is -2.16. The molecular formula is C19H18FN5O2S. The van der Waals surface area contributed by atoms with Crippen molar-refractivity contribution in [3.05, 3.63) is 75.1 Å². The van der Waals surface area contributed by atoms with E-state index in [0.29, 0.717) is 24.0 Å². The summed E-state index contributed by atoms with van der Waals surface area (Å²) in [4.78, 5) is 25.7. The quantitative estimate of drug-likeness (QED) is 0.591. The summed E-state index contributed by atoms with van der Waals surface area (Å²) in [5.41, 5.74) is 8.31. The Hall–Kier alpha value is -3.04. The standard InChI is InChI=1S/C19H18FN5O2S/c20-7-11(8-21)5-15(25-10-23-24-19(25)27)17-4-3-16(28-17)12-1-2-14-13(6-12)9-22-18(14)26/h1-4,6-7,10,15H,5,8-9,21H2,(H,22,26)(H,24,27)/b11-7+. The van der Waals surface area contributed by atoms with E-state index in [-0.39, 0.29) is 24.6 Å². The maximum Gasteiger partial charge on any atom is 0.343 e. The molecule has 1 aliphatic heterocycles. The number of aromatic nitrogens is 3. The van der Waals surface area contributed by atoms with Gasteiger partial charge < -0.3 is 11.1 Å². The summed E-state index contributed by atoms with van der Waals surface area (Å²) in [6, 6.07) is 9.20. The van der Waals surface area contributed by atoms with Crippen LogP contribution in [-0.2, 0) is 6.54 Å². The van der Waals surface area contributed by atoms with E-state index < -0.39 is 6.04 Å². The third kappa shape index (κ3) is 3.30. The summed E-state index contributed by atoms with van der Waals surface area (Å²) in [6.45, 7) is 0.595. The van der Waals surface area contributed by atoms with Gasteiger partial charge in [-0.2, -0.15) is 5.10 Å². The zero-order valence-corrected chi connectivity index (χ0v) is 15.6. The molecule has 1 aromatic carbocycles. The molecule has 0 aliphatic carbocycles. The van der Waals surface area contributed by atoms with Crippen molar-refractivity contribution >= 4 is 17.2 Å². The van der Waals surface area contributed by atoms with Gasteiger partial charge in [-0.05, 0) is 47.4 Å². The highest BCUT2D eigenvalue weighted by Gasteiger charge is 2.22. The first-order valence-corrected chi connectivity index (χ1v) is 9.53. The number of benzene rings is 1. The van der Waals surface area contributed by atoms with E-state index in [1.54, 1.807) is 0 Å². The van der Waals surface area contributed by atoms with Crippen LogP contribution in [0.15, 0.2) is 53.4 Å². The summed E-state index contributed by atoms with van der Waals surface area (Å²) in [5.74, 6) is -0.0554. The molecule has 3 heterocycles. The molecule has 7 nitrogen and oxygen atoms in total. The molecule has 28 heavy (non-hydrogen) atoms. The van der Waals surface area contributed by atoms with Crippen molar-refractivity contribution in [1.29, 1.82) is 0 Å². The lowest BCUT2D eigenvalue weighted by molar-refractivity contribution is 0.0966. The largest absolute Gasteiger partial charge is 0.348 e. The van der Waals surface area contributed by atoms with Gasteiger partial charge in [0.1, 0.15) is 6.33 Å². The molecule has 2 aromatic heterocycles. The van der Waals surface area contributed by atoms with Crippen LogP contribution in [0.25, 0.3) is 10.4 Å². The summed E-state index contributed by atoms with van der Waals surface area (Å²) >= 11 is 1.51. The number of rotatable bonds is 6. The predicted molar refractivity (Wildman–Crippen MR) is 105 cm³/mol. The Morgan fingerprint density at radius 2 is 2.21 bits per heavy atom. The number of hydrogen-bond acceptors (Lipinski definition) is 5. The Morgan fingerprint density at radius 3 is 2.93 bits per heavy atom. The van der Waals surface area contributed by atoms with Gasteiger partial charge in [0, 0.05) is 28.4 Å². The Morgan fingerprint density at radius 1 is 1.36 bits per heavy atom. The first kappa shape index (κ1) is 18.3. The summed E-state index contributed by atoms with van der Waals surface area (Å²) in [6.07, 6.45) is 2.18. The Kier molecular flexibility index (Phi) is 4.93. The number of nitrogens with two attached hydrogens (primary N) is 1. The van der Waals surface area contributed by atoms with Crippen LogP contribution in [0.4, 0.5) is 4.39 Å². The van der Waals surface area contributed by atoms with Crippen molar-refractivity contribution in [1.82, 2.24) is 20.1 Å². The van der Waals surface area contributed by atoms with E-state index in [1.165, 1.54) is 22.2 Å². The SMILES string of the molecule is NC/C(=C/F)CC(c1ccc(-c2ccc3c(c2)CNC3=O)s1)n1cn[nH]c1=O. The zero-order valence-electron chi connectivity index (χ0n) is 14.8. The number of carbonyl (C=O) groups is 1. The van der Waals surface area contributed by atoms with E-state index in [4.69, 9.17) is 5.73 Å². The normalized spacial score (nSPS) is 14.8. The van der Waals surface area contributed by atoms with E-state index in [0.717, 1.165) is 20.9 Å². The molecule has 1 aliphatic rings. The lowest BCUT2D eigenvalue weighted by atomic mass is 10.0. The molecule has 144 valence electrons. The van der Waals surface area contributed by atoms with Crippen LogP contribution >= 0.6 is 11.3 Å². The van der Waals surface area contributed by atoms with Gasteiger partial charge in [0.15, 0.2) is 0 Å². The fourth-order valence-electron chi connectivity index (χ4n) is 3.31. The maximum atomic E-state index is 13.1. The Labute approximate surface area is 163 Å². The molecule has 4 N–H and O–H groups in total. The molecule has 1 amide bonds. The van der Waals surface area contributed by atoms with Crippen LogP contribution in [0.3, 0.4) is 0 Å². The molecule has 0 fully saturated rings. The predicted octanol–water partition coefficient (Wildman–Crippen LogP) is 2.33. The summed E-state index contributed by atoms with van der Waals surface area (Å²) in [5, 5.41) is 8.97. The van der Waals surface area contributed by atoms with Crippen LogP contribution < -0.4 is 16.7 Å². The average molecular weight is 399 g/mol. The third-order valence-electron chi connectivity index (χ3n) is 4.81. The monoisotopic (exact) mass is 399 g/mol. The average Bonchev–Trinajstić information content (AvgIpc) is 3.44. The fraction of sp³-hybridized carbons (Fsp3) is 0.211. The molecule has 0 bridgehead atoms. The number of amides is 1. The maximum absolute atomic E-state index is 13.1. The number of carbonyl (C=O) groups excluding carboxylic acids is 1. The van der Waals surface area contributed by atoms with Crippen molar-refractivity contribution in [2.24, 2.45) is 5.73 Å². The smallest absolute Gasteiger partial charge is 0.343 e.